The van der Waals surface area contributed by atoms with Gasteiger partial charge in [0.25, 0.3) is 0 Å². The Bertz CT molecular complexity index is 2380. The van der Waals surface area contributed by atoms with Gasteiger partial charge in [-0.2, -0.15) is 0 Å². The lowest BCUT2D eigenvalue weighted by Gasteiger charge is -2.43. The molecule has 0 bridgehead atoms. The maximum atomic E-state index is 12.6. The molecule has 0 saturated carbocycles. The molecule has 0 aliphatic heterocycles. The summed E-state index contributed by atoms with van der Waals surface area (Å²) in [4.78, 5) is 0. The van der Waals surface area contributed by atoms with E-state index in [1.54, 1.807) is 0 Å². The molecule has 0 fully saturated rings. The summed E-state index contributed by atoms with van der Waals surface area (Å²) in [6.07, 6.45) is 0. The second-order valence-corrected chi connectivity index (χ2v) is 28.5. The highest BCUT2D eigenvalue weighted by Gasteiger charge is 2.46. The standard InChI is InChI=1S/C64H90O4/c1-37-26-27-43(42(28-37)38-29-44(56(2,3)4)52(65)45(30-38)57(5,6)7)64(39-31-46(58(8,9)10)53(66)47(32-39)59(11,12)13,40-33-48(60(14,15)16)54(67)49(34-40)61(17,18)19)41-35-50(62(20,21)22)55(68)51(36-41)63(23,24)25/h26-36,65-68H,1-25H3. The van der Waals surface area contributed by atoms with Crippen LogP contribution in [0.4, 0.5) is 0 Å². The first-order valence-electron chi connectivity index (χ1n) is 25.0. The number of aromatic hydroxyl groups is 4. The van der Waals surface area contributed by atoms with Gasteiger partial charge in [0.15, 0.2) is 0 Å². The Balaban J connectivity index is 2.39. The molecule has 5 aromatic rings. The van der Waals surface area contributed by atoms with E-state index >= 15 is 0 Å². The Labute approximate surface area is 413 Å². The predicted molar refractivity (Wildman–Crippen MR) is 291 cm³/mol. The van der Waals surface area contributed by atoms with E-state index in [-0.39, 0.29) is 10.8 Å². The van der Waals surface area contributed by atoms with Crippen LogP contribution < -0.4 is 0 Å². The molecule has 0 unspecified atom stereocenters. The highest BCUT2D eigenvalue weighted by Crippen LogP contribution is 2.57. The van der Waals surface area contributed by atoms with Crippen LogP contribution in [0.2, 0.25) is 0 Å². The first-order chi connectivity index (χ1) is 30.3. The SMILES string of the molecule is Cc1ccc(C(c2cc(C(C)(C)C)c(O)c(C(C)(C)C)c2)(c2cc(C(C)(C)C)c(O)c(C(C)(C)C)c2)c2cc(C(C)(C)C)c(O)c(C(C)(C)C)c2)c(-c2cc(C(C)(C)C)c(O)c(C(C)(C)C)c2)c1. The molecule has 0 amide bonds. The molecule has 0 heterocycles. The van der Waals surface area contributed by atoms with Gasteiger partial charge in [-0.25, -0.2) is 0 Å². The van der Waals surface area contributed by atoms with E-state index in [2.05, 4.69) is 240 Å². The van der Waals surface area contributed by atoms with Crippen LogP contribution in [0, 0.1) is 6.92 Å². The zero-order chi connectivity index (χ0) is 52.2. The van der Waals surface area contributed by atoms with E-state index < -0.39 is 37.9 Å². The molecule has 370 valence electrons. The summed E-state index contributed by atoms with van der Waals surface area (Å²) in [6, 6.07) is 24.7. The number of benzene rings is 5. The van der Waals surface area contributed by atoms with Gasteiger partial charge in [-0.3, -0.25) is 0 Å². The zero-order valence-electron chi connectivity index (χ0n) is 47.1. The normalized spacial score (nSPS) is 13.9. The maximum Gasteiger partial charge on any atom is 0.123 e. The van der Waals surface area contributed by atoms with Gasteiger partial charge in [0.2, 0.25) is 0 Å². The second-order valence-electron chi connectivity index (χ2n) is 28.5. The molecule has 0 aliphatic carbocycles. The Hall–Kier alpha value is -4.70. The van der Waals surface area contributed by atoms with Crippen molar-refractivity contribution in [2.45, 2.75) is 222 Å². The van der Waals surface area contributed by atoms with E-state index in [0.717, 1.165) is 83.5 Å². The molecular formula is C64H90O4. The lowest BCUT2D eigenvalue weighted by Crippen LogP contribution is -2.35. The number of phenolic OH excluding ortho intramolecular Hbond substituents is 4. The smallest absolute Gasteiger partial charge is 0.123 e. The Morgan fingerprint density at radius 2 is 0.471 bits per heavy atom. The topological polar surface area (TPSA) is 80.9 Å². The molecular weight excluding hydrogens is 833 g/mol. The number of aryl methyl sites for hydroxylation is 1. The minimum Gasteiger partial charge on any atom is -0.507 e. The summed E-state index contributed by atoms with van der Waals surface area (Å²) < 4.78 is 0. The molecule has 68 heavy (non-hydrogen) atoms. The van der Waals surface area contributed by atoms with E-state index in [1.807, 2.05) is 0 Å². The largest absolute Gasteiger partial charge is 0.507 e. The van der Waals surface area contributed by atoms with E-state index in [0.29, 0.717) is 23.0 Å². The fourth-order valence-electron chi connectivity index (χ4n) is 10.1. The fraction of sp³-hybridized carbons (Fsp3) is 0.531. The van der Waals surface area contributed by atoms with Crippen molar-refractivity contribution in [3.63, 3.8) is 0 Å². The van der Waals surface area contributed by atoms with Crippen molar-refractivity contribution in [3.8, 4) is 34.1 Å². The van der Waals surface area contributed by atoms with Gasteiger partial charge >= 0.3 is 0 Å². The molecule has 0 spiro atoms. The van der Waals surface area contributed by atoms with Crippen molar-refractivity contribution in [1.29, 1.82) is 0 Å². The summed E-state index contributed by atoms with van der Waals surface area (Å²) in [5, 5.41) is 49.9. The number of hydrogen-bond acceptors (Lipinski definition) is 4. The average molecular weight is 923 g/mol. The van der Waals surface area contributed by atoms with Crippen LogP contribution in [0.5, 0.6) is 23.0 Å². The number of rotatable bonds is 5. The summed E-state index contributed by atoms with van der Waals surface area (Å²) in [6.45, 7) is 54.1. The van der Waals surface area contributed by atoms with Crippen molar-refractivity contribution >= 4 is 0 Å². The van der Waals surface area contributed by atoms with E-state index in [4.69, 9.17) is 0 Å². The summed E-state index contributed by atoms with van der Waals surface area (Å²) in [5.74, 6) is 1.21. The van der Waals surface area contributed by atoms with Gasteiger partial charge in [0.05, 0.1) is 5.41 Å². The van der Waals surface area contributed by atoms with Crippen LogP contribution in [-0.2, 0) is 48.7 Å². The van der Waals surface area contributed by atoms with Crippen molar-refractivity contribution in [2.24, 2.45) is 0 Å². The summed E-state index contributed by atoms with van der Waals surface area (Å²) in [7, 11) is 0. The van der Waals surface area contributed by atoms with Crippen LogP contribution in [0.1, 0.15) is 238 Å². The molecule has 0 saturated heterocycles. The average Bonchev–Trinajstić information content (AvgIpc) is 3.13. The van der Waals surface area contributed by atoms with Crippen LogP contribution in [-0.4, -0.2) is 20.4 Å². The first kappa shape index (κ1) is 54.2. The second kappa shape index (κ2) is 17.0. The fourth-order valence-corrected chi connectivity index (χ4v) is 10.1. The predicted octanol–water partition coefficient (Wildman–Crippen LogP) is 17.2. The minimum atomic E-state index is -1.17. The van der Waals surface area contributed by atoms with Gasteiger partial charge in [-0.15, -0.1) is 0 Å². The van der Waals surface area contributed by atoms with Gasteiger partial charge in [0.1, 0.15) is 23.0 Å². The Morgan fingerprint density at radius 3 is 0.676 bits per heavy atom. The van der Waals surface area contributed by atoms with Crippen molar-refractivity contribution in [1.82, 2.24) is 0 Å². The molecule has 0 radical (unpaired) electrons. The van der Waals surface area contributed by atoms with Gasteiger partial charge in [-0.05, 0) is 166 Å². The van der Waals surface area contributed by atoms with Crippen LogP contribution in [0.3, 0.4) is 0 Å². The Kier molecular flexibility index (Phi) is 13.6. The maximum absolute atomic E-state index is 12.6. The number of phenols is 4. The molecule has 0 aromatic heterocycles. The van der Waals surface area contributed by atoms with Crippen LogP contribution in [0.25, 0.3) is 11.1 Å². The third-order valence-electron chi connectivity index (χ3n) is 14.1. The van der Waals surface area contributed by atoms with Gasteiger partial charge in [-0.1, -0.05) is 190 Å². The summed E-state index contributed by atoms with van der Waals surface area (Å²) in [5.41, 5.74) is 9.03. The quantitative estimate of drug-likeness (QED) is 0.132. The van der Waals surface area contributed by atoms with E-state index in [9.17, 15) is 20.4 Å². The molecule has 5 aromatic carbocycles. The first-order valence-corrected chi connectivity index (χ1v) is 25.0. The Morgan fingerprint density at radius 1 is 0.265 bits per heavy atom. The van der Waals surface area contributed by atoms with Crippen molar-refractivity contribution in [3.05, 3.63) is 139 Å². The summed E-state index contributed by atoms with van der Waals surface area (Å²) >= 11 is 0. The van der Waals surface area contributed by atoms with Crippen molar-refractivity contribution in [2.75, 3.05) is 0 Å². The molecule has 0 atom stereocenters. The molecule has 4 nitrogen and oxygen atoms in total. The van der Waals surface area contributed by atoms with Gasteiger partial charge < -0.3 is 20.4 Å². The van der Waals surface area contributed by atoms with Crippen LogP contribution >= 0.6 is 0 Å². The monoisotopic (exact) mass is 923 g/mol. The molecule has 0 aliphatic rings. The lowest BCUT2D eigenvalue weighted by molar-refractivity contribution is 0.420. The molecule has 5 rings (SSSR count). The highest BCUT2D eigenvalue weighted by molar-refractivity contribution is 5.79. The zero-order valence-corrected chi connectivity index (χ0v) is 47.1. The molecule has 4 heteroatoms. The third-order valence-corrected chi connectivity index (χ3v) is 14.1. The van der Waals surface area contributed by atoms with Crippen LogP contribution in [0.15, 0.2) is 66.7 Å². The minimum absolute atomic E-state index is 0.294. The van der Waals surface area contributed by atoms with Crippen molar-refractivity contribution < 1.29 is 20.4 Å². The highest BCUT2D eigenvalue weighted by atomic mass is 16.3. The van der Waals surface area contributed by atoms with Gasteiger partial charge in [0, 0.05) is 11.1 Å². The third kappa shape index (κ3) is 10.1. The number of hydrogen-bond donors (Lipinski definition) is 4. The molecule has 4 N–H and O–H groups in total. The van der Waals surface area contributed by atoms with E-state index in [1.165, 1.54) is 0 Å². The lowest BCUT2D eigenvalue weighted by atomic mass is 9.59.